The maximum Gasteiger partial charge on any atom is 0.261 e. The van der Waals surface area contributed by atoms with Crippen LogP contribution in [0.15, 0.2) is 41.3 Å². The molecule has 1 fully saturated rings. The summed E-state index contributed by atoms with van der Waals surface area (Å²) in [4.78, 5) is 20.0. The standard InChI is InChI=1S/C20H20N6O2/c1-28-12-11-26-19(23-16-6-3-2-5-15(16)20(26)27)17-7-4-10-25(17)18-14(13-21)8-9-22-24-18/h2-3,5-6,8-9,17H,4,7,10-12H2,1H3. The molecule has 8 heteroatoms. The maximum absolute atomic E-state index is 13.1. The minimum Gasteiger partial charge on any atom is -0.383 e. The highest BCUT2D eigenvalue weighted by Crippen LogP contribution is 2.35. The molecule has 8 nitrogen and oxygen atoms in total. The van der Waals surface area contributed by atoms with E-state index in [1.54, 1.807) is 23.8 Å². The molecule has 0 radical (unpaired) electrons. The van der Waals surface area contributed by atoms with E-state index < -0.39 is 0 Å². The number of rotatable bonds is 5. The fourth-order valence-corrected chi connectivity index (χ4v) is 3.75. The zero-order chi connectivity index (χ0) is 19.5. The van der Waals surface area contributed by atoms with E-state index in [-0.39, 0.29) is 11.6 Å². The van der Waals surface area contributed by atoms with Gasteiger partial charge in [-0.25, -0.2) is 4.98 Å². The molecule has 4 rings (SSSR count). The molecule has 3 aromatic rings. The molecule has 0 aliphatic carbocycles. The second kappa shape index (κ2) is 7.74. The Labute approximate surface area is 162 Å². The largest absolute Gasteiger partial charge is 0.383 e. The highest BCUT2D eigenvalue weighted by Gasteiger charge is 2.32. The van der Waals surface area contributed by atoms with Crippen LogP contribution < -0.4 is 10.5 Å². The second-order valence-corrected chi connectivity index (χ2v) is 6.67. The first-order chi connectivity index (χ1) is 13.7. The fourth-order valence-electron chi connectivity index (χ4n) is 3.75. The topological polar surface area (TPSA) is 96.9 Å². The molecule has 28 heavy (non-hydrogen) atoms. The smallest absolute Gasteiger partial charge is 0.261 e. The van der Waals surface area contributed by atoms with Gasteiger partial charge in [0.1, 0.15) is 11.9 Å². The van der Waals surface area contributed by atoms with Gasteiger partial charge in [-0.3, -0.25) is 9.36 Å². The van der Waals surface area contributed by atoms with Crippen molar-refractivity contribution in [2.75, 3.05) is 25.2 Å². The van der Waals surface area contributed by atoms with Gasteiger partial charge >= 0.3 is 0 Å². The van der Waals surface area contributed by atoms with Crippen molar-refractivity contribution >= 4 is 16.7 Å². The predicted molar refractivity (Wildman–Crippen MR) is 104 cm³/mol. The van der Waals surface area contributed by atoms with Crippen molar-refractivity contribution in [3.05, 3.63) is 58.3 Å². The van der Waals surface area contributed by atoms with Crippen LogP contribution in [0.5, 0.6) is 0 Å². The van der Waals surface area contributed by atoms with Crippen molar-refractivity contribution in [2.24, 2.45) is 0 Å². The van der Waals surface area contributed by atoms with Gasteiger partial charge in [-0.2, -0.15) is 10.4 Å². The Morgan fingerprint density at radius 2 is 2.18 bits per heavy atom. The van der Waals surface area contributed by atoms with Crippen molar-refractivity contribution in [1.29, 1.82) is 5.26 Å². The monoisotopic (exact) mass is 376 g/mol. The maximum atomic E-state index is 13.1. The van der Waals surface area contributed by atoms with E-state index in [4.69, 9.17) is 9.72 Å². The molecular formula is C20H20N6O2. The molecule has 1 atom stereocenters. The third kappa shape index (κ3) is 3.10. The highest BCUT2D eigenvalue weighted by atomic mass is 16.5. The van der Waals surface area contributed by atoms with Crippen molar-refractivity contribution in [2.45, 2.75) is 25.4 Å². The Kier molecular flexibility index (Phi) is 5.00. The van der Waals surface area contributed by atoms with E-state index in [1.165, 1.54) is 6.20 Å². The van der Waals surface area contributed by atoms with Crippen LogP contribution >= 0.6 is 0 Å². The van der Waals surface area contributed by atoms with Gasteiger partial charge in [-0.15, -0.1) is 5.10 Å². The highest BCUT2D eigenvalue weighted by molar-refractivity contribution is 5.77. The minimum atomic E-state index is -0.155. The molecule has 142 valence electrons. The molecule has 1 unspecified atom stereocenters. The Morgan fingerprint density at radius 3 is 3.00 bits per heavy atom. The minimum absolute atomic E-state index is 0.0795. The lowest BCUT2D eigenvalue weighted by Crippen LogP contribution is -2.34. The lowest BCUT2D eigenvalue weighted by molar-refractivity contribution is 0.184. The summed E-state index contributed by atoms with van der Waals surface area (Å²) in [5.74, 6) is 1.21. The molecule has 1 saturated heterocycles. The van der Waals surface area contributed by atoms with Crippen molar-refractivity contribution < 1.29 is 4.74 Å². The van der Waals surface area contributed by atoms with Crippen molar-refractivity contribution in [1.82, 2.24) is 19.7 Å². The zero-order valence-corrected chi connectivity index (χ0v) is 15.6. The summed E-state index contributed by atoms with van der Waals surface area (Å²) in [6.07, 6.45) is 3.24. The van der Waals surface area contributed by atoms with E-state index in [1.807, 2.05) is 23.1 Å². The van der Waals surface area contributed by atoms with Crippen LogP contribution in [-0.4, -0.2) is 40.0 Å². The van der Waals surface area contributed by atoms with Crippen LogP contribution in [0.4, 0.5) is 5.82 Å². The average molecular weight is 376 g/mol. The molecule has 0 amide bonds. The molecule has 1 aromatic carbocycles. The summed E-state index contributed by atoms with van der Waals surface area (Å²) >= 11 is 0. The van der Waals surface area contributed by atoms with E-state index in [0.717, 1.165) is 19.4 Å². The first-order valence-corrected chi connectivity index (χ1v) is 9.21. The van der Waals surface area contributed by atoms with Crippen LogP contribution in [0.3, 0.4) is 0 Å². The van der Waals surface area contributed by atoms with Crippen LogP contribution in [-0.2, 0) is 11.3 Å². The van der Waals surface area contributed by atoms with Gasteiger partial charge in [0.15, 0.2) is 5.82 Å². The number of benzene rings is 1. The third-order valence-electron chi connectivity index (χ3n) is 5.05. The first kappa shape index (κ1) is 18.1. The van der Waals surface area contributed by atoms with E-state index >= 15 is 0 Å². The second-order valence-electron chi connectivity index (χ2n) is 6.67. The predicted octanol–water partition coefficient (Wildman–Crippen LogP) is 2.05. The molecule has 0 bridgehead atoms. The molecule has 3 heterocycles. The van der Waals surface area contributed by atoms with Crippen molar-refractivity contribution in [3.8, 4) is 6.07 Å². The van der Waals surface area contributed by atoms with Crippen LogP contribution in [0, 0.1) is 11.3 Å². The van der Waals surface area contributed by atoms with Crippen molar-refractivity contribution in [3.63, 3.8) is 0 Å². The van der Waals surface area contributed by atoms with Gasteiger partial charge in [0.25, 0.3) is 5.56 Å². The number of para-hydroxylation sites is 1. The Morgan fingerprint density at radius 1 is 1.32 bits per heavy atom. The van der Waals surface area contributed by atoms with Crippen LogP contribution in [0.1, 0.15) is 30.3 Å². The quantitative estimate of drug-likeness (QED) is 0.672. The molecule has 1 aliphatic rings. The first-order valence-electron chi connectivity index (χ1n) is 9.21. The Hall–Kier alpha value is -3.31. The van der Waals surface area contributed by atoms with E-state index in [0.29, 0.717) is 41.3 Å². The molecule has 2 aromatic heterocycles. The number of fused-ring (bicyclic) bond motifs is 1. The molecule has 1 aliphatic heterocycles. The zero-order valence-electron chi connectivity index (χ0n) is 15.6. The summed E-state index contributed by atoms with van der Waals surface area (Å²) in [5.41, 5.74) is 1.06. The van der Waals surface area contributed by atoms with Gasteiger partial charge in [0, 0.05) is 13.7 Å². The van der Waals surface area contributed by atoms with E-state index in [2.05, 4.69) is 16.3 Å². The summed E-state index contributed by atoms with van der Waals surface area (Å²) in [5, 5.41) is 18.2. The number of anilines is 1. The number of hydrogen-bond donors (Lipinski definition) is 0. The van der Waals surface area contributed by atoms with Gasteiger partial charge in [-0.05, 0) is 31.0 Å². The van der Waals surface area contributed by atoms with Crippen LogP contribution in [0.25, 0.3) is 10.9 Å². The number of nitrogens with zero attached hydrogens (tertiary/aromatic N) is 6. The van der Waals surface area contributed by atoms with E-state index in [9.17, 15) is 10.1 Å². The fraction of sp³-hybridized carbons (Fsp3) is 0.350. The summed E-state index contributed by atoms with van der Waals surface area (Å²) < 4.78 is 6.90. The summed E-state index contributed by atoms with van der Waals surface area (Å²) in [6.45, 7) is 1.55. The molecule has 0 spiro atoms. The molecule has 0 saturated carbocycles. The number of ether oxygens (including phenoxy) is 1. The van der Waals surface area contributed by atoms with Crippen LogP contribution in [0.2, 0.25) is 0 Å². The van der Waals surface area contributed by atoms with Gasteiger partial charge < -0.3 is 9.64 Å². The number of methoxy groups -OCH3 is 1. The molecular weight excluding hydrogens is 356 g/mol. The number of hydrogen-bond acceptors (Lipinski definition) is 7. The van der Waals surface area contributed by atoms with Gasteiger partial charge in [0.05, 0.1) is 41.9 Å². The summed E-state index contributed by atoms with van der Waals surface area (Å²) in [6, 6.07) is 11.0. The Bertz CT molecular complexity index is 1100. The number of aromatic nitrogens is 4. The SMILES string of the molecule is COCCn1c(C2CCCN2c2nnccc2C#N)nc2ccccc2c1=O. The number of nitriles is 1. The summed E-state index contributed by atoms with van der Waals surface area (Å²) in [7, 11) is 1.61. The lowest BCUT2D eigenvalue weighted by atomic mass is 10.1. The normalized spacial score (nSPS) is 16.4. The average Bonchev–Trinajstić information content (AvgIpc) is 3.22. The van der Waals surface area contributed by atoms with Gasteiger partial charge in [-0.1, -0.05) is 12.1 Å². The van der Waals surface area contributed by atoms with Gasteiger partial charge in [0.2, 0.25) is 0 Å². The Balaban J connectivity index is 1.87. The lowest BCUT2D eigenvalue weighted by Gasteiger charge is -2.27. The third-order valence-corrected chi connectivity index (χ3v) is 5.05. The molecule has 0 N–H and O–H groups in total.